The fraction of sp³-hybridized carbons (Fsp3) is 0.727. The first-order chi connectivity index (χ1) is 18.8. The van der Waals surface area contributed by atoms with Gasteiger partial charge in [-0.05, 0) is 47.1 Å². The topological polar surface area (TPSA) is 230 Å². The Balaban J connectivity index is 2.31. The lowest BCUT2D eigenvalue weighted by Gasteiger charge is -2.31. The van der Waals surface area contributed by atoms with Crippen LogP contribution in [0.25, 0.3) is 10.4 Å². The van der Waals surface area contributed by atoms with Crippen molar-refractivity contribution in [3.63, 3.8) is 0 Å². The van der Waals surface area contributed by atoms with Gasteiger partial charge in [-0.2, -0.15) is 0 Å². The van der Waals surface area contributed by atoms with E-state index >= 15 is 4.39 Å². The molecule has 1 aromatic heterocycles. The second-order valence-corrected chi connectivity index (χ2v) is 12.6. The van der Waals surface area contributed by atoms with E-state index in [1.165, 1.54) is 0 Å². The Kier molecular flexibility index (Phi) is 11.0. The first kappa shape index (κ1) is 34.1. The lowest BCUT2D eigenvalue weighted by Crippen LogP contribution is -2.48. The molecule has 0 bridgehead atoms. The summed E-state index contributed by atoms with van der Waals surface area (Å²) >= 11 is 0. The molecule has 41 heavy (non-hydrogen) atoms. The predicted molar refractivity (Wildman–Crippen MR) is 136 cm³/mol. The van der Waals surface area contributed by atoms with Crippen LogP contribution in [0.5, 0.6) is 0 Å². The molecule has 0 saturated carbocycles. The number of H-pyrrole nitrogens is 1. The summed E-state index contributed by atoms with van der Waals surface area (Å²) in [6, 6.07) is 0.904. The Morgan fingerprint density at radius 3 is 2.15 bits per heavy atom. The van der Waals surface area contributed by atoms with Crippen molar-refractivity contribution in [2.45, 2.75) is 65.6 Å². The Labute approximate surface area is 233 Å². The van der Waals surface area contributed by atoms with E-state index in [4.69, 9.17) is 33.3 Å². The number of phosphoric acid groups is 1. The molecular formula is C22H33FN5O12P. The van der Waals surface area contributed by atoms with Crippen molar-refractivity contribution in [1.29, 1.82) is 0 Å². The molecule has 1 aliphatic rings. The predicted octanol–water partition coefficient (Wildman–Crippen LogP) is 2.06. The number of ether oxygens (including phenoxy) is 3. The summed E-state index contributed by atoms with van der Waals surface area (Å²) in [5.41, 5.74) is 2.81. The number of rotatable bonds is 12. The SMILES string of the molecule is CC(C)(C)C(=O)OCOP(=O)(OCOC(=O)C(C)(C)C)OC[C@@]1(CN=[N+]=[N-])OC(n2ccc(=O)[nH]c2=O)[C@H](F)[C@@H]1O. The number of carbonyl (C=O) groups is 2. The number of aliphatic hydroxyl groups is 1. The molecule has 1 aromatic rings. The second kappa shape index (κ2) is 13.2. The molecule has 4 atom stereocenters. The average molecular weight is 610 g/mol. The number of phosphoric ester groups is 1. The third kappa shape index (κ3) is 8.94. The van der Waals surface area contributed by atoms with Crippen molar-refractivity contribution < 1.29 is 51.4 Å². The molecule has 1 unspecified atom stereocenters. The van der Waals surface area contributed by atoms with Crippen molar-refractivity contribution in [1.82, 2.24) is 9.55 Å². The van der Waals surface area contributed by atoms with Gasteiger partial charge in [-0.15, -0.1) is 0 Å². The van der Waals surface area contributed by atoms with Gasteiger partial charge in [0.1, 0.15) is 11.7 Å². The van der Waals surface area contributed by atoms with Gasteiger partial charge >= 0.3 is 25.5 Å². The average Bonchev–Trinajstić information content (AvgIpc) is 3.10. The van der Waals surface area contributed by atoms with Crippen LogP contribution in [-0.4, -0.2) is 71.2 Å². The number of aromatic amines is 1. The number of alkyl halides is 1. The maximum atomic E-state index is 15.2. The lowest BCUT2D eigenvalue weighted by molar-refractivity contribution is -0.165. The molecule has 0 aromatic carbocycles. The van der Waals surface area contributed by atoms with Crippen molar-refractivity contribution in [3.8, 4) is 0 Å². The summed E-state index contributed by atoms with van der Waals surface area (Å²) < 4.78 is 60.0. The third-order valence-electron chi connectivity index (χ3n) is 5.49. The van der Waals surface area contributed by atoms with Gasteiger partial charge in [-0.3, -0.25) is 28.5 Å². The number of hydrogen-bond acceptors (Lipinski definition) is 13. The number of esters is 2. The lowest BCUT2D eigenvalue weighted by atomic mass is 9.97. The molecular weight excluding hydrogens is 576 g/mol. The highest BCUT2D eigenvalue weighted by Gasteiger charge is 2.57. The highest BCUT2D eigenvalue weighted by atomic mass is 31.2. The highest BCUT2D eigenvalue weighted by molar-refractivity contribution is 7.48. The second-order valence-electron chi connectivity index (χ2n) is 10.9. The summed E-state index contributed by atoms with van der Waals surface area (Å²) in [7, 11) is -4.84. The molecule has 2 heterocycles. The minimum absolute atomic E-state index is 0.637. The highest BCUT2D eigenvalue weighted by Crippen LogP contribution is 2.52. The van der Waals surface area contributed by atoms with Crippen molar-refractivity contribution in [2.75, 3.05) is 26.7 Å². The molecule has 0 amide bonds. The normalized spacial score (nSPS) is 23.1. The number of hydrogen-bond donors (Lipinski definition) is 2. The fourth-order valence-corrected chi connectivity index (χ4v) is 4.09. The first-order valence-corrected chi connectivity index (χ1v) is 13.5. The smallest absolute Gasteiger partial charge is 0.437 e. The van der Waals surface area contributed by atoms with E-state index in [1.807, 2.05) is 4.98 Å². The zero-order chi connectivity index (χ0) is 31.2. The van der Waals surface area contributed by atoms with E-state index in [0.29, 0.717) is 4.57 Å². The third-order valence-corrected chi connectivity index (χ3v) is 6.78. The summed E-state index contributed by atoms with van der Waals surface area (Å²) in [6.45, 7) is 5.55. The van der Waals surface area contributed by atoms with Gasteiger partial charge in [0.15, 0.2) is 12.4 Å². The van der Waals surface area contributed by atoms with Crippen LogP contribution in [-0.2, 0) is 41.9 Å². The molecule has 0 spiro atoms. The first-order valence-electron chi connectivity index (χ1n) is 12.1. The van der Waals surface area contributed by atoms with Gasteiger partial charge in [0, 0.05) is 17.2 Å². The van der Waals surface area contributed by atoms with Crippen LogP contribution in [0, 0.1) is 10.8 Å². The molecule has 0 aliphatic carbocycles. The van der Waals surface area contributed by atoms with Crippen LogP contribution < -0.4 is 11.2 Å². The molecule has 19 heteroatoms. The number of aliphatic hydroxyl groups excluding tert-OH is 1. The minimum atomic E-state index is -4.84. The Bertz CT molecular complexity index is 1280. The molecule has 1 fully saturated rings. The van der Waals surface area contributed by atoms with Gasteiger partial charge in [0.2, 0.25) is 13.6 Å². The maximum Gasteiger partial charge on any atom is 0.480 e. The standard InChI is InChI=1S/C22H33FN5O12P/c1-20(2,3)17(31)35-11-38-41(34,39-12-36-18(32)21(4,5)6)37-10-22(9-25-27-24)15(30)14(23)16(40-22)28-8-7-13(29)26-19(28)33/h7-8,14-16,30H,9-12H2,1-6H3,(H,26,29,33)/t14-,15+,16?,22-/m1/s1. The van der Waals surface area contributed by atoms with E-state index < -0.39 is 92.7 Å². The van der Waals surface area contributed by atoms with Gasteiger partial charge in [0.05, 0.1) is 24.0 Å². The van der Waals surface area contributed by atoms with Crippen molar-refractivity contribution in [2.24, 2.45) is 15.9 Å². The maximum absolute atomic E-state index is 15.2. The van der Waals surface area contributed by atoms with Crippen molar-refractivity contribution >= 4 is 19.8 Å². The van der Waals surface area contributed by atoms with E-state index in [1.54, 1.807) is 41.5 Å². The van der Waals surface area contributed by atoms with Crippen LogP contribution in [0.2, 0.25) is 0 Å². The van der Waals surface area contributed by atoms with Crippen LogP contribution in [0.15, 0.2) is 27.0 Å². The molecule has 2 N–H and O–H groups in total. The van der Waals surface area contributed by atoms with Crippen LogP contribution in [0.4, 0.5) is 4.39 Å². The number of azide groups is 1. The van der Waals surface area contributed by atoms with Crippen LogP contribution >= 0.6 is 7.82 Å². The van der Waals surface area contributed by atoms with E-state index in [0.717, 1.165) is 12.3 Å². The Hall–Kier alpha value is -3.11. The summed E-state index contributed by atoms with van der Waals surface area (Å²) in [5.74, 6) is -1.49. The van der Waals surface area contributed by atoms with E-state index in [2.05, 4.69) is 10.0 Å². The molecule has 1 aliphatic heterocycles. The molecule has 2 rings (SSSR count). The number of nitrogens with zero attached hydrogens (tertiary/aromatic N) is 4. The molecule has 230 valence electrons. The molecule has 1 saturated heterocycles. The van der Waals surface area contributed by atoms with Crippen molar-refractivity contribution in [3.05, 3.63) is 43.5 Å². The molecule has 17 nitrogen and oxygen atoms in total. The minimum Gasteiger partial charge on any atom is -0.437 e. The monoisotopic (exact) mass is 609 g/mol. The van der Waals surface area contributed by atoms with Gasteiger partial charge < -0.3 is 19.3 Å². The van der Waals surface area contributed by atoms with Gasteiger partial charge in [-0.1, -0.05) is 5.11 Å². The van der Waals surface area contributed by atoms with Gasteiger partial charge in [-0.25, -0.2) is 22.8 Å². The number of carbonyl (C=O) groups excluding carboxylic acids is 2. The zero-order valence-corrected chi connectivity index (χ0v) is 24.2. The van der Waals surface area contributed by atoms with E-state index in [-0.39, 0.29) is 0 Å². The van der Waals surface area contributed by atoms with Crippen LogP contribution in [0.3, 0.4) is 0 Å². The summed E-state index contributed by atoms with van der Waals surface area (Å²) in [6.07, 6.45) is -5.39. The quantitative estimate of drug-likeness (QED) is 0.0866. The summed E-state index contributed by atoms with van der Waals surface area (Å²) in [5, 5.41) is 14.0. The summed E-state index contributed by atoms with van der Waals surface area (Å²) in [4.78, 5) is 52.2. The largest absolute Gasteiger partial charge is 0.480 e. The Morgan fingerprint density at radius 2 is 1.68 bits per heavy atom. The number of halogens is 1. The zero-order valence-electron chi connectivity index (χ0n) is 23.3. The Morgan fingerprint density at radius 1 is 1.15 bits per heavy atom. The van der Waals surface area contributed by atoms with Crippen LogP contribution in [0.1, 0.15) is 47.8 Å². The number of aromatic nitrogens is 2. The molecule has 0 radical (unpaired) electrons. The number of nitrogens with one attached hydrogen (secondary N) is 1. The van der Waals surface area contributed by atoms with Gasteiger partial charge in [0.25, 0.3) is 5.56 Å². The fourth-order valence-electron chi connectivity index (χ4n) is 3.13. The van der Waals surface area contributed by atoms with E-state index in [9.17, 15) is 28.8 Å².